The average Bonchev–Trinajstić information content (AvgIpc) is 2.70. The SMILES string of the molecule is COc1ccc2c(c1)CCC1(CCCCN1CCCc1ccccc1)C2. The number of fused-ring (bicyclic) bond motifs is 1. The van der Waals surface area contributed by atoms with E-state index >= 15 is 0 Å². The smallest absolute Gasteiger partial charge is 0.119 e. The number of ether oxygens (including phenoxy) is 1. The summed E-state index contributed by atoms with van der Waals surface area (Å²) in [6.45, 7) is 2.51. The van der Waals surface area contributed by atoms with Crippen LogP contribution in [0, 0.1) is 0 Å². The van der Waals surface area contributed by atoms with Gasteiger partial charge in [-0.2, -0.15) is 0 Å². The van der Waals surface area contributed by atoms with Crippen LogP contribution in [0.4, 0.5) is 0 Å². The molecule has 2 aromatic rings. The van der Waals surface area contributed by atoms with Gasteiger partial charge in [0.05, 0.1) is 7.11 Å². The molecule has 0 radical (unpaired) electrons. The third-order valence-electron chi connectivity index (χ3n) is 6.52. The third-order valence-corrected chi connectivity index (χ3v) is 6.52. The van der Waals surface area contributed by atoms with Crippen LogP contribution in [0.5, 0.6) is 5.75 Å². The number of likely N-dealkylation sites (tertiary alicyclic amines) is 1. The molecule has 4 rings (SSSR count). The highest BCUT2D eigenvalue weighted by Crippen LogP contribution is 2.40. The van der Waals surface area contributed by atoms with E-state index in [9.17, 15) is 0 Å². The van der Waals surface area contributed by atoms with Crippen LogP contribution in [0.15, 0.2) is 48.5 Å². The minimum absolute atomic E-state index is 0.399. The average molecular weight is 350 g/mol. The molecule has 0 bridgehead atoms. The lowest BCUT2D eigenvalue weighted by Gasteiger charge is -2.50. The Morgan fingerprint density at radius 1 is 1.00 bits per heavy atom. The van der Waals surface area contributed by atoms with Gasteiger partial charge in [-0.05, 0) is 86.9 Å². The van der Waals surface area contributed by atoms with Crippen molar-refractivity contribution in [3.05, 3.63) is 65.2 Å². The molecule has 138 valence electrons. The van der Waals surface area contributed by atoms with E-state index in [4.69, 9.17) is 4.74 Å². The number of rotatable bonds is 5. The minimum Gasteiger partial charge on any atom is -0.497 e. The molecule has 1 spiro atoms. The van der Waals surface area contributed by atoms with E-state index in [-0.39, 0.29) is 0 Å². The Labute approximate surface area is 158 Å². The zero-order chi connectivity index (χ0) is 17.8. The lowest BCUT2D eigenvalue weighted by Crippen LogP contribution is -2.55. The quantitative estimate of drug-likeness (QED) is 0.750. The van der Waals surface area contributed by atoms with E-state index in [1.165, 1.54) is 75.6 Å². The van der Waals surface area contributed by atoms with E-state index in [2.05, 4.69) is 53.4 Å². The van der Waals surface area contributed by atoms with Crippen molar-refractivity contribution in [2.45, 2.75) is 56.9 Å². The summed E-state index contributed by atoms with van der Waals surface area (Å²) in [5.41, 5.74) is 4.92. The van der Waals surface area contributed by atoms with Crippen molar-refractivity contribution in [2.24, 2.45) is 0 Å². The van der Waals surface area contributed by atoms with E-state index in [1.54, 1.807) is 12.7 Å². The molecule has 1 aliphatic carbocycles. The maximum Gasteiger partial charge on any atom is 0.119 e. The summed E-state index contributed by atoms with van der Waals surface area (Å²) in [7, 11) is 1.77. The second-order valence-corrected chi connectivity index (χ2v) is 8.07. The molecule has 0 amide bonds. The Morgan fingerprint density at radius 2 is 1.88 bits per heavy atom. The maximum absolute atomic E-state index is 5.42. The van der Waals surface area contributed by atoms with Crippen LogP contribution in [0.3, 0.4) is 0 Å². The first-order valence-corrected chi connectivity index (χ1v) is 10.2. The van der Waals surface area contributed by atoms with Crippen molar-refractivity contribution < 1.29 is 4.74 Å². The van der Waals surface area contributed by atoms with Crippen LogP contribution in [-0.4, -0.2) is 30.6 Å². The van der Waals surface area contributed by atoms with E-state index in [0.29, 0.717) is 5.54 Å². The van der Waals surface area contributed by atoms with Gasteiger partial charge in [-0.3, -0.25) is 4.90 Å². The van der Waals surface area contributed by atoms with Crippen molar-refractivity contribution in [3.63, 3.8) is 0 Å². The fourth-order valence-corrected chi connectivity index (χ4v) is 5.05. The monoisotopic (exact) mass is 349 g/mol. The van der Waals surface area contributed by atoms with Gasteiger partial charge in [-0.1, -0.05) is 42.8 Å². The van der Waals surface area contributed by atoms with Gasteiger partial charge in [-0.25, -0.2) is 0 Å². The number of nitrogens with zero attached hydrogens (tertiary/aromatic N) is 1. The molecular formula is C24H31NO. The summed E-state index contributed by atoms with van der Waals surface area (Å²) in [5, 5.41) is 0. The Morgan fingerprint density at radius 3 is 2.73 bits per heavy atom. The number of aryl methyl sites for hydroxylation is 2. The largest absolute Gasteiger partial charge is 0.497 e. The van der Waals surface area contributed by atoms with Gasteiger partial charge in [0, 0.05) is 5.54 Å². The fourth-order valence-electron chi connectivity index (χ4n) is 5.05. The van der Waals surface area contributed by atoms with E-state index in [1.807, 2.05) is 0 Å². The van der Waals surface area contributed by atoms with Crippen molar-refractivity contribution in [1.82, 2.24) is 4.90 Å². The lowest BCUT2D eigenvalue weighted by atomic mass is 9.72. The standard InChI is InChI=1S/C24H31NO/c1-26-23-12-11-22-19-24(15-13-21(22)18-23)14-5-6-16-25(24)17-7-10-20-8-3-2-4-9-20/h2-4,8-9,11-12,18H,5-7,10,13-17,19H2,1H3. The Kier molecular flexibility index (Phi) is 5.31. The van der Waals surface area contributed by atoms with Crippen LogP contribution in [0.1, 0.15) is 48.8 Å². The topological polar surface area (TPSA) is 12.5 Å². The Hall–Kier alpha value is -1.80. The molecule has 1 atom stereocenters. The maximum atomic E-state index is 5.42. The highest BCUT2D eigenvalue weighted by molar-refractivity contribution is 5.39. The van der Waals surface area contributed by atoms with Crippen LogP contribution >= 0.6 is 0 Å². The van der Waals surface area contributed by atoms with E-state index < -0.39 is 0 Å². The molecule has 2 heteroatoms. The van der Waals surface area contributed by atoms with Crippen LogP contribution in [0.2, 0.25) is 0 Å². The zero-order valence-electron chi connectivity index (χ0n) is 16.0. The first kappa shape index (κ1) is 17.6. The van der Waals surface area contributed by atoms with Crippen LogP contribution in [0.25, 0.3) is 0 Å². The summed E-state index contributed by atoms with van der Waals surface area (Å²) < 4.78 is 5.42. The number of benzene rings is 2. The van der Waals surface area contributed by atoms with Crippen LogP contribution in [-0.2, 0) is 19.3 Å². The summed E-state index contributed by atoms with van der Waals surface area (Å²) in [5.74, 6) is 1.00. The molecule has 2 nitrogen and oxygen atoms in total. The van der Waals surface area contributed by atoms with Crippen molar-refractivity contribution >= 4 is 0 Å². The van der Waals surface area contributed by atoms with Crippen LogP contribution < -0.4 is 4.74 Å². The predicted octanol–water partition coefficient (Wildman–Crippen LogP) is 5.04. The normalized spacial score (nSPS) is 23.0. The van der Waals surface area contributed by atoms with Crippen molar-refractivity contribution in [1.29, 1.82) is 0 Å². The molecule has 0 aromatic heterocycles. The molecular weight excluding hydrogens is 318 g/mol. The summed E-state index contributed by atoms with van der Waals surface area (Å²) in [6.07, 6.45) is 10.3. The Bertz CT molecular complexity index is 726. The van der Waals surface area contributed by atoms with Gasteiger partial charge < -0.3 is 4.74 Å². The van der Waals surface area contributed by atoms with Crippen molar-refractivity contribution in [2.75, 3.05) is 20.2 Å². The van der Waals surface area contributed by atoms with Gasteiger partial charge in [0.25, 0.3) is 0 Å². The number of piperidine rings is 1. The molecule has 0 saturated carbocycles. The minimum atomic E-state index is 0.399. The number of hydrogen-bond acceptors (Lipinski definition) is 2. The molecule has 2 aliphatic rings. The van der Waals surface area contributed by atoms with Gasteiger partial charge in [0.15, 0.2) is 0 Å². The van der Waals surface area contributed by atoms with Crippen molar-refractivity contribution in [3.8, 4) is 5.75 Å². The molecule has 1 unspecified atom stereocenters. The number of hydrogen-bond donors (Lipinski definition) is 0. The summed E-state index contributed by atoms with van der Waals surface area (Å²) >= 11 is 0. The molecule has 1 heterocycles. The zero-order valence-corrected chi connectivity index (χ0v) is 16.0. The Balaban J connectivity index is 1.44. The second kappa shape index (κ2) is 7.84. The first-order chi connectivity index (χ1) is 12.8. The fraction of sp³-hybridized carbons (Fsp3) is 0.500. The van der Waals surface area contributed by atoms with E-state index in [0.717, 1.165) is 5.75 Å². The summed E-state index contributed by atoms with van der Waals surface area (Å²) in [4.78, 5) is 2.84. The molecule has 1 fully saturated rings. The van der Waals surface area contributed by atoms with Gasteiger partial charge in [-0.15, -0.1) is 0 Å². The van der Waals surface area contributed by atoms with Gasteiger partial charge in [0.2, 0.25) is 0 Å². The molecule has 1 aliphatic heterocycles. The summed E-state index contributed by atoms with van der Waals surface area (Å²) in [6, 6.07) is 17.6. The number of methoxy groups -OCH3 is 1. The highest BCUT2D eigenvalue weighted by atomic mass is 16.5. The molecule has 1 saturated heterocycles. The third kappa shape index (κ3) is 3.66. The molecule has 2 aromatic carbocycles. The first-order valence-electron chi connectivity index (χ1n) is 10.2. The molecule has 26 heavy (non-hydrogen) atoms. The second-order valence-electron chi connectivity index (χ2n) is 8.07. The van der Waals surface area contributed by atoms with Gasteiger partial charge >= 0.3 is 0 Å². The highest BCUT2D eigenvalue weighted by Gasteiger charge is 2.40. The predicted molar refractivity (Wildman–Crippen MR) is 108 cm³/mol. The van der Waals surface area contributed by atoms with Gasteiger partial charge in [0.1, 0.15) is 5.75 Å². The lowest BCUT2D eigenvalue weighted by molar-refractivity contribution is 0.0330. The molecule has 0 N–H and O–H groups in total.